The van der Waals surface area contributed by atoms with Crippen LogP contribution in [0.1, 0.15) is 44.0 Å². The maximum atomic E-state index is 12.8. The first kappa shape index (κ1) is 19.6. The monoisotopic (exact) mass is 352 g/mol. The highest BCUT2D eigenvalue weighted by molar-refractivity contribution is 7.80. The number of carbonyl (C=O) groups is 1. The molecule has 0 saturated carbocycles. The van der Waals surface area contributed by atoms with Gasteiger partial charge in [0.25, 0.3) is 0 Å². The Labute approximate surface area is 134 Å². The molecule has 1 aromatic rings. The fourth-order valence-corrected chi connectivity index (χ4v) is 2.90. The quantitative estimate of drug-likeness (QED) is 0.738. The number of nitrogens with two attached hydrogens (primary N) is 1. The van der Waals surface area contributed by atoms with Gasteiger partial charge in [-0.1, -0.05) is 19.9 Å². The van der Waals surface area contributed by atoms with E-state index in [1.807, 2.05) is 13.8 Å². The van der Waals surface area contributed by atoms with Crippen LogP contribution in [0.2, 0.25) is 0 Å². The van der Waals surface area contributed by atoms with Crippen molar-refractivity contribution in [2.45, 2.75) is 44.0 Å². The standard InChI is InChI=1S/C14H19F3N2O3S/c1-8(2)6-9(7-11(13(18)20)23(21)22)10-4-3-5-12(19-10)14(15,16)17/h3-5,8-9,11H,6-7H2,1-2H3,(H2,18,20)(H,21,22). The van der Waals surface area contributed by atoms with E-state index in [4.69, 9.17) is 10.3 Å². The number of hydrogen-bond acceptors (Lipinski definition) is 3. The molecule has 0 saturated heterocycles. The second-order valence-electron chi connectivity index (χ2n) is 5.67. The number of halogens is 3. The zero-order valence-corrected chi connectivity index (χ0v) is 13.5. The lowest BCUT2D eigenvalue weighted by molar-refractivity contribution is -0.141. The molecule has 3 N–H and O–H groups in total. The van der Waals surface area contributed by atoms with E-state index in [1.54, 1.807) is 0 Å². The summed E-state index contributed by atoms with van der Waals surface area (Å²) < 4.78 is 58.8. The summed E-state index contributed by atoms with van der Waals surface area (Å²) in [5.41, 5.74) is 4.19. The van der Waals surface area contributed by atoms with Crippen LogP contribution in [0.15, 0.2) is 18.2 Å². The molecule has 5 nitrogen and oxygen atoms in total. The van der Waals surface area contributed by atoms with Crippen LogP contribution < -0.4 is 5.73 Å². The fourth-order valence-electron chi connectivity index (χ4n) is 2.30. The van der Waals surface area contributed by atoms with Crippen molar-refractivity contribution in [1.82, 2.24) is 4.98 Å². The highest BCUT2D eigenvalue weighted by Gasteiger charge is 2.34. The maximum Gasteiger partial charge on any atom is 0.433 e. The van der Waals surface area contributed by atoms with Gasteiger partial charge in [0.1, 0.15) is 10.9 Å². The topological polar surface area (TPSA) is 93.3 Å². The smallest absolute Gasteiger partial charge is 0.369 e. The molecule has 130 valence electrons. The van der Waals surface area contributed by atoms with Crippen molar-refractivity contribution in [3.63, 3.8) is 0 Å². The summed E-state index contributed by atoms with van der Waals surface area (Å²) in [7, 11) is 0. The Bertz CT molecular complexity index is 565. The van der Waals surface area contributed by atoms with Gasteiger partial charge in [0.05, 0.1) is 0 Å². The first-order valence-corrected chi connectivity index (χ1v) is 8.12. The number of primary amides is 1. The highest BCUT2D eigenvalue weighted by Crippen LogP contribution is 2.32. The normalized spacial score (nSPS) is 16.1. The van der Waals surface area contributed by atoms with E-state index >= 15 is 0 Å². The number of aromatic nitrogens is 1. The Hall–Kier alpha value is -1.48. The van der Waals surface area contributed by atoms with E-state index in [1.165, 1.54) is 12.1 Å². The van der Waals surface area contributed by atoms with E-state index in [-0.39, 0.29) is 18.0 Å². The minimum Gasteiger partial charge on any atom is -0.369 e. The average Bonchev–Trinajstić information content (AvgIpc) is 2.41. The van der Waals surface area contributed by atoms with Gasteiger partial charge in [-0.3, -0.25) is 4.79 Å². The number of alkyl halides is 3. The number of carbonyl (C=O) groups excluding carboxylic acids is 1. The summed E-state index contributed by atoms with van der Waals surface area (Å²) in [6.45, 7) is 3.71. The van der Waals surface area contributed by atoms with E-state index in [9.17, 15) is 22.2 Å². The summed E-state index contributed by atoms with van der Waals surface area (Å²) in [6.07, 6.45) is -4.30. The second-order valence-corrected chi connectivity index (χ2v) is 6.80. The van der Waals surface area contributed by atoms with Crippen molar-refractivity contribution < 1.29 is 26.7 Å². The number of hydrogen-bond donors (Lipinski definition) is 2. The van der Waals surface area contributed by atoms with Gasteiger partial charge >= 0.3 is 6.18 Å². The van der Waals surface area contributed by atoms with Gasteiger partial charge in [0.15, 0.2) is 11.1 Å². The first-order chi connectivity index (χ1) is 10.5. The van der Waals surface area contributed by atoms with Crippen LogP contribution in [-0.2, 0) is 22.1 Å². The predicted octanol–water partition coefficient (Wildman–Crippen LogP) is 2.70. The summed E-state index contributed by atoms with van der Waals surface area (Å²) in [5, 5.41) is -1.35. The largest absolute Gasteiger partial charge is 0.433 e. The Morgan fingerprint density at radius 2 is 1.96 bits per heavy atom. The lowest BCUT2D eigenvalue weighted by atomic mass is 9.89. The zero-order valence-electron chi connectivity index (χ0n) is 12.7. The third-order valence-corrected chi connectivity index (χ3v) is 4.21. The van der Waals surface area contributed by atoms with Gasteiger partial charge in [-0.05, 0) is 30.9 Å². The van der Waals surface area contributed by atoms with Crippen molar-refractivity contribution >= 4 is 17.0 Å². The minimum atomic E-state index is -4.58. The maximum absolute atomic E-state index is 12.8. The molecule has 0 bridgehead atoms. The van der Waals surface area contributed by atoms with Crippen LogP contribution >= 0.6 is 0 Å². The molecule has 0 aliphatic heterocycles. The second kappa shape index (κ2) is 7.87. The average molecular weight is 352 g/mol. The van der Waals surface area contributed by atoms with Crippen LogP contribution in [0.3, 0.4) is 0 Å². The summed E-state index contributed by atoms with van der Waals surface area (Å²) in [4.78, 5) is 14.9. The lowest BCUT2D eigenvalue weighted by Gasteiger charge is -2.22. The van der Waals surface area contributed by atoms with Crippen molar-refractivity contribution in [3.05, 3.63) is 29.6 Å². The van der Waals surface area contributed by atoms with Gasteiger partial charge in [0.2, 0.25) is 5.91 Å². The molecule has 3 unspecified atom stereocenters. The van der Waals surface area contributed by atoms with Crippen LogP contribution in [0, 0.1) is 5.92 Å². The lowest BCUT2D eigenvalue weighted by Crippen LogP contribution is -2.34. The number of nitrogens with zero attached hydrogens (tertiary/aromatic N) is 1. The minimum absolute atomic E-state index is 0.0944. The van der Waals surface area contributed by atoms with Crippen LogP contribution in [0.5, 0.6) is 0 Å². The summed E-state index contributed by atoms with van der Waals surface area (Å²) in [5.74, 6) is -1.45. The SMILES string of the molecule is CC(C)CC(CC(C(N)=O)S(=O)O)c1cccc(C(F)(F)F)n1. The molecule has 9 heteroatoms. The number of pyridine rings is 1. The molecule has 0 radical (unpaired) electrons. The first-order valence-electron chi connectivity index (χ1n) is 6.95. The molecule has 1 amide bonds. The van der Waals surface area contributed by atoms with Crippen molar-refractivity contribution in [1.29, 1.82) is 0 Å². The van der Waals surface area contributed by atoms with E-state index in [0.29, 0.717) is 6.42 Å². The van der Waals surface area contributed by atoms with Crippen LogP contribution in [0.25, 0.3) is 0 Å². The van der Waals surface area contributed by atoms with E-state index < -0.39 is 40.0 Å². The zero-order chi connectivity index (χ0) is 17.8. The van der Waals surface area contributed by atoms with Gasteiger partial charge in [0, 0.05) is 11.6 Å². The van der Waals surface area contributed by atoms with E-state index in [0.717, 1.165) is 6.07 Å². The number of amides is 1. The Morgan fingerprint density at radius 3 is 2.39 bits per heavy atom. The van der Waals surface area contributed by atoms with Crippen molar-refractivity contribution in [2.24, 2.45) is 11.7 Å². The summed E-state index contributed by atoms with van der Waals surface area (Å²) >= 11 is -2.49. The molecule has 1 rings (SSSR count). The third-order valence-electron chi connectivity index (χ3n) is 3.29. The Morgan fingerprint density at radius 1 is 1.35 bits per heavy atom. The van der Waals surface area contributed by atoms with Crippen LogP contribution in [-0.4, -0.2) is 24.9 Å². The molecule has 0 spiro atoms. The molecule has 1 heterocycles. The molecule has 1 aromatic heterocycles. The van der Waals surface area contributed by atoms with E-state index in [2.05, 4.69) is 4.98 Å². The Kier molecular flexibility index (Phi) is 6.69. The summed E-state index contributed by atoms with van der Waals surface area (Å²) in [6, 6.07) is 3.50. The predicted molar refractivity (Wildman–Crippen MR) is 79.8 cm³/mol. The molecular formula is C14H19F3N2O3S. The van der Waals surface area contributed by atoms with Gasteiger partial charge in [-0.15, -0.1) is 0 Å². The molecule has 23 heavy (non-hydrogen) atoms. The third kappa shape index (κ3) is 5.91. The van der Waals surface area contributed by atoms with Crippen molar-refractivity contribution in [3.8, 4) is 0 Å². The van der Waals surface area contributed by atoms with Crippen LogP contribution in [0.4, 0.5) is 13.2 Å². The molecule has 0 aromatic carbocycles. The molecule has 0 aliphatic rings. The van der Waals surface area contributed by atoms with Gasteiger partial charge in [-0.25, -0.2) is 9.19 Å². The molecule has 0 aliphatic carbocycles. The van der Waals surface area contributed by atoms with Gasteiger partial charge in [-0.2, -0.15) is 13.2 Å². The Balaban J connectivity index is 3.16. The molecular weight excluding hydrogens is 333 g/mol. The van der Waals surface area contributed by atoms with Gasteiger partial charge < -0.3 is 10.3 Å². The highest BCUT2D eigenvalue weighted by atomic mass is 32.2. The molecule has 3 atom stereocenters. The molecule has 0 fully saturated rings. The number of rotatable bonds is 7. The fraction of sp³-hybridized carbons (Fsp3) is 0.571. The van der Waals surface area contributed by atoms with Crippen molar-refractivity contribution in [2.75, 3.05) is 0 Å².